The average Bonchev–Trinajstić information content (AvgIpc) is 3.20. The minimum atomic E-state index is -0.548. The van der Waals surface area contributed by atoms with Gasteiger partial charge in [0.1, 0.15) is 11.5 Å². The standard InChI is InChI=1S/C44H36N2O6/c1-3-43(47)51-31-49-41-19-11-17-39(29-41)45(35-13-7-5-8-14-35)37-25-21-33(22-26-37)34-23-27-38(28-24-34)46(36-15-9-6-10-16-36)40-18-12-20-42(30-40)50-32-52-44(48)4-2/h3-30H,1-2,31-32H2. The lowest BCUT2D eigenvalue weighted by Crippen LogP contribution is -2.11. The van der Waals surface area contributed by atoms with Crippen LogP contribution in [0.2, 0.25) is 0 Å². The number of anilines is 6. The molecular formula is C44H36N2O6. The molecule has 0 N–H and O–H groups in total. The Labute approximate surface area is 303 Å². The highest BCUT2D eigenvalue weighted by atomic mass is 16.7. The van der Waals surface area contributed by atoms with Crippen LogP contribution in [-0.2, 0) is 19.1 Å². The fourth-order valence-electron chi connectivity index (χ4n) is 5.51. The number of benzene rings is 6. The maximum Gasteiger partial charge on any atom is 0.333 e. The molecule has 52 heavy (non-hydrogen) atoms. The molecule has 8 nitrogen and oxygen atoms in total. The number of rotatable bonds is 15. The van der Waals surface area contributed by atoms with Gasteiger partial charge in [-0.15, -0.1) is 0 Å². The van der Waals surface area contributed by atoms with E-state index in [0.717, 1.165) is 57.4 Å². The Morgan fingerprint density at radius 1 is 0.442 bits per heavy atom. The van der Waals surface area contributed by atoms with Crippen molar-refractivity contribution in [3.05, 3.63) is 183 Å². The summed E-state index contributed by atoms with van der Waals surface area (Å²) in [5, 5.41) is 0. The molecule has 6 aromatic carbocycles. The molecule has 0 radical (unpaired) electrons. The summed E-state index contributed by atoms with van der Waals surface area (Å²) in [4.78, 5) is 27.2. The molecule has 0 aliphatic rings. The minimum Gasteiger partial charge on any atom is -0.457 e. The van der Waals surface area contributed by atoms with Gasteiger partial charge in [-0.1, -0.05) is 86.0 Å². The molecule has 0 bridgehead atoms. The van der Waals surface area contributed by atoms with Gasteiger partial charge in [0, 0.05) is 58.4 Å². The summed E-state index contributed by atoms with van der Waals surface area (Å²) >= 11 is 0. The third kappa shape index (κ3) is 8.74. The second-order valence-electron chi connectivity index (χ2n) is 11.3. The molecule has 0 aliphatic carbocycles. The van der Waals surface area contributed by atoms with Crippen LogP contribution in [0, 0.1) is 0 Å². The van der Waals surface area contributed by atoms with E-state index in [1.807, 2.05) is 109 Å². The predicted molar refractivity (Wildman–Crippen MR) is 205 cm³/mol. The zero-order valence-electron chi connectivity index (χ0n) is 28.3. The SMILES string of the molecule is C=CC(=O)OCOc1cccc(N(c2ccccc2)c2ccc(-c3ccc(N(c4ccccc4)c4cccc(OCOC(=O)C=C)c4)cc3)cc2)c1. The Morgan fingerprint density at radius 3 is 1.15 bits per heavy atom. The molecule has 258 valence electrons. The van der Waals surface area contributed by atoms with Crippen LogP contribution in [0.4, 0.5) is 34.1 Å². The molecule has 0 saturated carbocycles. The van der Waals surface area contributed by atoms with Gasteiger partial charge in [-0.3, -0.25) is 0 Å². The largest absolute Gasteiger partial charge is 0.457 e. The van der Waals surface area contributed by atoms with Crippen LogP contribution in [0.3, 0.4) is 0 Å². The van der Waals surface area contributed by atoms with Crippen molar-refractivity contribution in [1.82, 2.24) is 0 Å². The van der Waals surface area contributed by atoms with Gasteiger partial charge in [-0.25, -0.2) is 9.59 Å². The number of carbonyl (C=O) groups excluding carboxylic acids is 2. The molecule has 0 aromatic heterocycles. The topological polar surface area (TPSA) is 77.5 Å². The van der Waals surface area contributed by atoms with Crippen LogP contribution in [0.1, 0.15) is 0 Å². The van der Waals surface area contributed by atoms with Gasteiger partial charge in [0.15, 0.2) is 0 Å². The number of hydrogen-bond acceptors (Lipinski definition) is 8. The molecule has 0 unspecified atom stereocenters. The molecule has 6 rings (SSSR count). The molecule has 0 heterocycles. The molecule has 0 atom stereocenters. The van der Waals surface area contributed by atoms with E-state index in [9.17, 15) is 9.59 Å². The van der Waals surface area contributed by atoms with Crippen LogP contribution in [0.15, 0.2) is 183 Å². The molecule has 0 saturated heterocycles. The maximum atomic E-state index is 11.5. The van der Waals surface area contributed by atoms with E-state index >= 15 is 0 Å². The highest BCUT2D eigenvalue weighted by Crippen LogP contribution is 2.39. The zero-order chi connectivity index (χ0) is 36.1. The summed E-state index contributed by atoms with van der Waals surface area (Å²) < 4.78 is 21.4. The van der Waals surface area contributed by atoms with Crippen molar-refractivity contribution in [2.45, 2.75) is 0 Å². The summed E-state index contributed by atoms with van der Waals surface area (Å²) in [6.45, 7) is 6.39. The Hall–Kier alpha value is -7.06. The van der Waals surface area contributed by atoms with Gasteiger partial charge < -0.3 is 28.7 Å². The van der Waals surface area contributed by atoms with Gasteiger partial charge in [-0.05, 0) is 83.9 Å². The monoisotopic (exact) mass is 688 g/mol. The summed E-state index contributed by atoms with van der Waals surface area (Å²) in [6.07, 6.45) is 2.20. The molecule has 0 fully saturated rings. The van der Waals surface area contributed by atoms with Gasteiger partial charge in [0.25, 0.3) is 0 Å². The van der Waals surface area contributed by atoms with Crippen molar-refractivity contribution in [2.75, 3.05) is 23.4 Å². The lowest BCUT2D eigenvalue weighted by Gasteiger charge is -2.26. The number of esters is 2. The summed E-state index contributed by atoms with van der Waals surface area (Å²) in [6, 6.07) is 52.1. The fourth-order valence-corrected chi connectivity index (χ4v) is 5.51. The number of para-hydroxylation sites is 2. The van der Waals surface area contributed by atoms with Crippen molar-refractivity contribution in [1.29, 1.82) is 0 Å². The number of hydrogen-bond donors (Lipinski definition) is 0. The molecule has 0 aliphatic heterocycles. The Kier molecular flexibility index (Phi) is 11.4. The van der Waals surface area contributed by atoms with Gasteiger partial charge >= 0.3 is 11.9 Å². The van der Waals surface area contributed by atoms with Crippen molar-refractivity contribution < 1.29 is 28.5 Å². The average molecular weight is 689 g/mol. The Morgan fingerprint density at radius 2 is 0.788 bits per heavy atom. The molecule has 6 aromatic rings. The van der Waals surface area contributed by atoms with E-state index in [-0.39, 0.29) is 13.6 Å². The van der Waals surface area contributed by atoms with Crippen LogP contribution >= 0.6 is 0 Å². The van der Waals surface area contributed by atoms with Crippen molar-refractivity contribution in [3.8, 4) is 22.6 Å². The smallest absolute Gasteiger partial charge is 0.333 e. The van der Waals surface area contributed by atoms with E-state index in [4.69, 9.17) is 18.9 Å². The van der Waals surface area contributed by atoms with Crippen molar-refractivity contribution in [3.63, 3.8) is 0 Å². The third-order valence-electron chi connectivity index (χ3n) is 7.95. The highest BCUT2D eigenvalue weighted by molar-refractivity contribution is 5.82. The fraction of sp³-hybridized carbons (Fsp3) is 0.0455. The molecular weight excluding hydrogens is 652 g/mol. The predicted octanol–water partition coefficient (Wildman–Crippen LogP) is 10.4. The second kappa shape index (κ2) is 17.0. The van der Waals surface area contributed by atoms with E-state index in [1.54, 1.807) is 0 Å². The minimum absolute atomic E-state index is 0.216. The van der Waals surface area contributed by atoms with E-state index in [2.05, 4.69) is 71.5 Å². The van der Waals surface area contributed by atoms with Crippen molar-refractivity contribution >= 4 is 46.1 Å². The third-order valence-corrected chi connectivity index (χ3v) is 7.95. The lowest BCUT2D eigenvalue weighted by molar-refractivity contribution is -0.145. The maximum absolute atomic E-state index is 11.5. The lowest BCUT2D eigenvalue weighted by atomic mass is 10.0. The summed E-state index contributed by atoms with van der Waals surface area (Å²) in [5.41, 5.74) is 7.73. The van der Waals surface area contributed by atoms with E-state index in [0.29, 0.717) is 11.5 Å². The summed E-state index contributed by atoms with van der Waals surface area (Å²) in [5.74, 6) is 0.0231. The molecule has 0 spiro atoms. The zero-order valence-corrected chi connectivity index (χ0v) is 28.3. The molecule has 8 heteroatoms. The van der Waals surface area contributed by atoms with Gasteiger partial charge in [0.2, 0.25) is 13.6 Å². The number of nitrogens with zero attached hydrogens (tertiary/aromatic N) is 2. The van der Waals surface area contributed by atoms with Gasteiger partial charge in [-0.2, -0.15) is 0 Å². The van der Waals surface area contributed by atoms with Gasteiger partial charge in [0.05, 0.1) is 0 Å². The van der Waals surface area contributed by atoms with Crippen LogP contribution in [0.25, 0.3) is 11.1 Å². The highest BCUT2D eigenvalue weighted by Gasteiger charge is 2.16. The first-order chi connectivity index (χ1) is 25.5. The first-order valence-electron chi connectivity index (χ1n) is 16.5. The van der Waals surface area contributed by atoms with E-state index in [1.165, 1.54) is 0 Å². The summed E-state index contributed by atoms with van der Waals surface area (Å²) in [7, 11) is 0. The van der Waals surface area contributed by atoms with Crippen LogP contribution in [-0.4, -0.2) is 25.5 Å². The number of ether oxygens (including phenoxy) is 4. The Balaban J connectivity index is 1.25. The normalized spacial score (nSPS) is 10.4. The second-order valence-corrected chi connectivity index (χ2v) is 11.3. The van der Waals surface area contributed by atoms with E-state index < -0.39 is 11.9 Å². The quantitative estimate of drug-likeness (QED) is 0.0599. The van der Waals surface area contributed by atoms with Crippen LogP contribution in [0.5, 0.6) is 11.5 Å². The van der Waals surface area contributed by atoms with Crippen LogP contribution < -0.4 is 19.3 Å². The molecule has 0 amide bonds. The van der Waals surface area contributed by atoms with Crippen molar-refractivity contribution in [2.24, 2.45) is 0 Å². The Bertz CT molecular complexity index is 1960. The first kappa shape index (κ1) is 34.8. The first-order valence-corrected chi connectivity index (χ1v) is 16.5. The number of carbonyl (C=O) groups is 2.